The van der Waals surface area contributed by atoms with Crippen molar-refractivity contribution in [3.05, 3.63) is 24.4 Å². The van der Waals surface area contributed by atoms with E-state index in [0.29, 0.717) is 5.82 Å². The lowest BCUT2D eigenvalue weighted by molar-refractivity contribution is -0.125. The number of hydrogen-bond donors (Lipinski definition) is 2. The van der Waals surface area contributed by atoms with Crippen molar-refractivity contribution in [2.45, 2.75) is 12.8 Å². The van der Waals surface area contributed by atoms with Crippen molar-refractivity contribution in [1.29, 1.82) is 0 Å². The zero-order chi connectivity index (χ0) is 11.4. The van der Waals surface area contributed by atoms with Gasteiger partial charge in [0, 0.05) is 12.1 Å². The Hall–Kier alpha value is -1.91. The van der Waals surface area contributed by atoms with Gasteiger partial charge in [-0.05, 0) is 25.0 Å². The molecule has 2 rings (SSSR count). The minimum Gasteiger partial charge on any atom is -0.347 e. The van der Waals surface area contributed by atoms with Crippen LogP contribution >= 0.6 is 0 Å². The van der Waals surface area contributed by atoms with E-state index in [1.807, 2.05) is 0 Å². The SMILES string of the molecule is O=C(CNC(=O)C1CC1)Nc1ccccn1. The predicted octanol–water partition coefficient (Wildman–Crippen LogP) is 0.546. The van der Waals surface area contributed by atoms with E-state index in [1.165, 1.54) is 0 Å². The molecular weight excluding hydrogens is 206 g/mol. The van der Waals surface area contributed by atoms with Gasteiger partial charge in [-0.25, -0.2) is 4.98 Å². The molecule has 0 bridgehead atoms. The van der Waals surface area contributed by atoms with Gasteiger partial charge in [0.25, 0.3) is 0 Å². The summed E-state index contributed by atoms with van der Waals surface area (Å²) in [6, 6.07) is 5.25. The van der Waals surface area contributed by atoms with Crippen LogP contribution in [0.15, 0.2) is 24.4 Å². The van der Waals surface area contributed by atoms with Crippen molar-refractivity contribution in [2.24, 2.45) is 5.92 Å². The van der Waals surface area contributed by atoms with Crippen LogP contribution in [0.1, 0.15) is 12.8 Å². The van der Waals surface area contributed by atoms with Gasteiger partial charge in [0.1, 0.15) is 5.82 Å². The molecule has 2 N–H and O–H groups in total. The average Bonchev–Trinajstić information content (AvgIpc) is 3.11. The van der Waals surface area contributed by atoms with Crippen molar-refractivity contribution in [3.8, 4) is 0 Å². The first-order chi connectivity index (χ1) is 7.75. The zero-order valence-electron chi connectivity index (χ0n) is 8.77. The van der Waals surface area contributed by atoms with Crippen LogP contribution in [-0.4, -0.2) is 23.3 Å². The summed E-state index contributed by atoms with van der Waals surface area (Å²) in [5.41, 5.74) is 0. The number of carbonyl (C=O) groups excluding carboxylic acids is 2. The molecule has 0 spiro atoms. The standard InChI is InChI=1S/C11H13N3O2/c15-10(7-13-11(16)8-4-5-8)14-9-3-1-2-6-12-9/h1-3,6,8H,4-5,7H2,(H,13,16)(H,12,14,15). The third-order valence-electron chi connectivity index (χ3n) is 2.30. The highest BCUT2D eigenvalue weighted by molar-refractivity contribution is 5.94. The first-order valence-corrected chi connectivity index (χ1v) is 5.24. The molecule has 1 aromatic heterocycles. The molecule has 0 atom stereocenters. The van der Waals surface area contributed by atoms with Crippen LogP contribution in [0.25, 0.3) is 0 Å². The fraction of sp³-hybridized carbons (Fsp3) is 0.364. The number of hydrogen-bond acceptors (Lipinski definition) is 3. The Bertz CT molecular complexity index is 387. The summed E-state index contributed by atoms with van der Waals surface area (Å²) in [6.07, 6.45) is 3.47. The summed E-state index contributed by atoms with van der Waals surface area (Å²) in [5, 5.41) is 5.18. The van der Waals surface area contributed by atoms with E-state index in [9.17, 15) is 9.59 Å². The Morgan fingerprint density at radius 2 is 2.19 bits per heavy atom. The molecule has 1 aromatic rings. The molecule has 1 heterocycles. The van der Waals surface area contributed by atoms with Gasteiger partial charge < -0.3 is 10.6 Å². The van der Waals surface area contributed by atoms with Crippen LogP contribution in [0, 0.1) is 5.92 Å². The molecule has 1 aliphatic carbocycles. The second-order valence-corrected chi connectivity index (χ2v) is 3.76. The fourth-order valence-corrected chi connectivity index (χ4v) is 1.28. The Labute approximate surface area is 93.3 Å². The molecule has 84 valence electrons. The molecule has 0 radical (unpaired) electrons. The molecule has 1 aliphatic rings. The first kappa shape index (κ1) is 10.6. The first-order valence-electron chi connectivity index (χ1n) is 5.24. The summed E-state index contributed by atoms with van der Waals surface area (Å²) in [7, 11) is 0. The van der Waals surface area contributed by atoms with Gasteiger partial charge >= 0.3 is 0 Å². The van der Waals surface area contributed by atoms with Gasteiger partial charge in [0.2, 0.25) is 11.8 Å². The molecule has 16 heavy (non-hydrogen) atoms. The van der Waals surface area contributed by atoms with Crippen molar-refractivity contribution < 1.29 is 9.59 Å². The highest BCUT2D eigenvalue weighted by atomic mass is 16.2. The number of anilines is 1. The van der Waals surface area contributed by atoms with E-state index in [1.54, 1.807) is 24.4 Å². The summed E-state index contributed by atoms with van der Waals surface area (Å²) < 4.78 is 0. The molecule has 1 fully saturated rings. The molecule has 0 saturated heterocycles. The highest BCUT2D eigenvalue weighted by Gasteiger charge is 2.29. The molecule has 5 heteroatoms. The molecule has 2 amide bonds. The van der Waals surface area contributed by atoms with E-state index in [0.717, 1.165) is 12.8 Å². The summed E-state index contributed by atoms with van der Waals surface area (Å²) >= 11 is 0. The minimum absolute atomic E-state index is 0.00586. The number of nitrogens with one attached hydrogen (secondary N) is 2. The van der Waals surface area contributed by atoms with Crippen LogP contribution in [0.2, 0.25) is 0 Å². The number of carbonyl (C=O) groups is 2. The normalized spacial score (nSPS) is 14.2. The third kappa shape index (κ3) is 3.05. The molecule has 5 nitrogen and oxygen atoms in total. The van der Waals surface area contributed by atoms with E-state index >= 15 is 0 Å². The lowest BCUT2D eigenvalue weighted by Crippen LogP contribution is -2.33. The number of rotatable bonds is 4. The van der Waals surface area contributed by atoms with Crippen LogP contribution < -0.4 is 10.6 Å². The number of amides is 2. The third-order valence-corrected chi connectivity index (χ3v) is 2.30. The number of nitrogens with zero attached hydrogens (tertiary/aromatic N) is 1. The Balaban J connectivity index is 1.74. The minimum atomic E-state index is -0.257. The topological polar surface area (TPSA) is 71.1 Å². The van der Waals surface area contributed by atoms with Gasteiger partial charge in [-0.15, -0.1) is 0 Å². The predicted molar refractivity (Wildman–Crippen MR) is 58.6 cm³/mol. The van der Waals surface area contributed by atoms with Gasteiger partial charge in [0.05, 0.1) is 6.54 Å². The summed E-state index contributed by atoms with van der Waals surface area (Å²) in [4.78, 5) is 26.6. The van der Waals surface area contributed by atoms with Crippen molar-refractivity contribution in [1.82, 2.24) is 10.3 Å². The summed E-state index contributed by atoms with van der Waals surface area (Å²) in [5.74, 6) is 0.333. The molecule has 0 unspecified atom stereocenters. The molecule has 0 aliphatic heterocycles. The Morgan fingerprint density at radius 3 is 2.81 bits per heavy atom. The van der Waals surface area contributed by atoms with E-state index in [2.05, 4.69) is 15.6 Å². The highest BCUT2D eigenvalue weighted by Crippen LogP contribution is 2.28. The second kappa shape index (κ2) is 4.74. The smallest absolute Gasteiger partial charge is 0.244 e. The summed E-state index contributed by atoms with van der Waals surface area (Å²) in [6.45, 7) is 0.00586. The van der Waals surface area contributed by atoms with Gasteiger partial charge in [-0.3, -0.25) is 9.59 Å². The second-order valence-electron chi connectivity index (χ2n) is 3.76. The van der Waals surface area contributed by atoms with Crippen LogP contribution in [0.3, 0.4) is 0 Å². The molecular formula is C11H13N3O2. The fourth-order valence-electron chi connectivity index (χ4n) is 1.28. The van der Waals surface area contributed by atoms with Crippen molar-refractivity contribution >= 4 is 17.6 Å². The van der Waals surface area contributed by atoms with E-state index in [-0.39, 0.29) is 24.3 Å². The maximum Gasteiger partial charge on any atom is 0.244 e. The lowest BCUT2D eigenvalue weighted by Gasteiger charge is -2.05. The van der Waals surface area contributed by atoms with E-state index < -0.39 is 0 Å². The Kier molecular flexibility index (Phi) is 3.14. The lowest BCUT2D eigenvalue weighted by atomic mass is 10.4. The maximum absolute atomic E-state index is 11.4. The van der Waals surface area contributed by atoms with Crippen LogP contribution in [0.5, 0.6) is 0 Å². The zero-order valence-corrected chi connectivity index (χ0v) is 8.77. The average molecular weight is 219 g/mol. The van der Waals surface area contributed by atoms with Gasteiger partial charge in [-0.2, -0.15) is 0 Å². The molecule has 1 saturated carbocycles. The van der Waals surface area contributed by atoms with Crippen molar-refractivity contribution in [2.75, 3.05) is 11.9 Å². The van der Waals surface area contributed by atoms with Crippen molar-refractivity contribution in [3.63, 3.8) is 0 Å². The monoisotopic (exact) mass is 219 g/mol. The van der Waals surface area contributed by atoms with Gasteiger partial charge in [0.15, 0.2) is 0 Å². The Morgan fingerprint density at radius 1 is 1.38 bits per heavy atom. The molecule has 0 aromatic carbocycles. The van der Waals surface area contributed by atoms with Crippen LogP contribution in [-0.2, 0) is 9.59 Å². The largest absolute Gasteiger partial charge is 0.347 e. The quantitative estimate of drug-likeness (QED) is 0.776. The number of aromatic nitrogens is 1. The van der Waals surface area contributed by atoms with Gasteiger partial charge in [-0.1, -0.05) is 6.07 Å². The maximum atomic E-state index is 11.4. The van der Waals surface area contributed by atoms with Crippen LogP contribution in [0.4, 0.5) is 5.82 Å². The van der Waals surface area contributed by atoms with E-state index in [4.69, 9.17) is 0 Å². The number of pyridine rings is 1.